The summed E-state index contributed by atoms with van der Waals surface area (Å²) in [5, 5.41) is 20.8. The summed E-state index contributed by atoms with van der Waals surface area (Å²) < 4.78 is 41.9. The molecule has 1 aliphatic heterocycles. The maximum Gasteiger partial charge on any atom is 0.410 e. The van der Waals surface area contributed by atoms with Gasteiger partial charge in [0.2, 0.25) is 0 Å². The van der Waals surface area contributed by atoms with Crippen molar-refractivity contribution in [2.75, 3.05) is 10.6 Å². The summed E-state index contributed by atoms with van der Waals surface area (Å²) in [6.45, 7) is 0. The molecule has 3 aromatic rings. The number of phenolic OH excluding ortho intramolecular Hbond substituents is 1. The van der Waals surface area contributed by atoms with Crippen molar-refractivity contribution in [2.45, 2.75) is 24.7 Å². The zero-order chi connectivity index (χ0) is 21.6. The van der Waals surface area contributed by atoms with Gasteiger partial charge in [0, 0.05) is 16.3 Å². The monoisotopic (exact) mass is 476 g/mol. The van der Waals surface area contributed by atoms with Crippen LogP contribution in [0.3, 0.4) is 0 Å². The number of amides is 1. The quantitative estimate of drug-likeness (QED) is 0.413. The van der Waals surface area contributed by atoms with E-state index in [-0.39, 0.29) is 33.7 Å². The minimum absolute atomic E-state index is 0.0219. The molecule has 0 spiro atoms. The van der Waals surface area contributed by atoms with Crippen LogP contribution in [0.1, 0.15) is 33.9 Å². The molecule has 3 N–H and O–H groups in total. The zero-order valence-electron chi connectivity index (χ0n) is 14.9. The molecule has 30 heavy (non-hydrogen) atoms. The molecule has 1 amide bonds. The highest BCUT2D eigenvalue weighted by Gasteiger charge is 2.48. The Morgan fingerprint density at radius 2 is 2.10 bits per heavy atom. The molecule has 2 aromatic heterocycles. The largest absolute Gasteiger partial charge is 0.506 e. The van der Waals surface area contributed by atoms with Gasteiger partial charge in [-0.1, -0.05) is 29.3 Å². The van der Waals surface area contributed by atoms with Crippen LogP contribution < -0.4 is 10.6 Å². The van der Waals surface area contributed by atoms with Gasteiger partial charge >= 0.3 is 6.18 Å². The molecule has 0 fully saturated rings. The van der Waals surface area contributed by atoms with Crippen LogP contribution in [-0.2, 0) is 0 Å². The number of aromatic hydroxyl groups is 1. The summed E-state index contributed by atoms with van der Waals surface area (Å²) in [7, 11) is 0. The van der Waals surface area contributed by atoms with Gasteiger partial charge in [0.25, 0.3) is 5.91 Å². The number of fused-ring (bicyclic) bond motifs is 1. The fourth-order valence-corrected chi connectivity index (χ4v) is 4.43. The van der Waals surface area contributed by atoms with Gasteiger partial charge in [-0.25, -0.2) is 4.68 Å². The number of nitrogens with zero attached hydrogens (tertiary/aromatic N) is 2. The molecule has 12 heteroatoms. The number of halogens is 5. The van der Waals surface area contributed by atoms with Crippen LogP contribution >= 0.6 is 34.5 Å². The molecule has 1 aromatic carbocycles. The molecule has 4 rings (SSSR count). The van der Waals surface area contributed by atoms with Crippen LogP contribution in [-0.4, -0.2) is 27.0 Å². The van der Waals surface area contributed by atoms with Crippen molar-refractivity contribution >= 4 is 52.0 Å². The Bertz CT molecular complexity index is 1100. The Morgan fingerprint density at radius 1 is 1.33 bits per heavy atom. The maximum absolute atomic E-state index is 13.7. The molecule has 3 heterocycles. The lowest BCUT2D eigenvalue weighted by Crippen LogP contribution is -2.35. The van der Waals surface area contributed by atoms with Crippen molar-refractivity contribution in [3.8, 4) is 5.75 Å². The zero-order valence-corrected chi connectivity index (χ0v) is 17.2. The first kappa shape index (κ1) is 20.8. The molecule has 6 nitrogen and oxygen atoms in total. The van der Waals surface area contributed by atoms with E-state index in [1.54, 1.807) is 17.5 Å². The Labute approximate surface area is 182 Å². The number of rotatable bonds is 3. The van der Waals surface area contributed by atoms with E-state index in [4.69, 9.17) is 23.2 Å². The Balaban J connectivity index is 1.71. The van der Waals surface area contributed by atoms with Gasteiger partial charge in [0.15, 0.2) is 11.7 Å². The highest BCUT2D eigenvalue weighted by Crippen LogP contribution is 2.47. The Hall–Kier alpha value is -2.43. The maximum atomic E-state index is 13.7. The number of hydrogen-bond acceptors (Lipinski definition) is 5. The molecule has 1 aliphatic rings. The Morgan fingerprint density at radius 3 is 2.77 bits per heavy atom. The summed E-state index contributed by atoms with van der Waals surface area (Å²) in [6, 6.07) is 4.86. The second-order valence-corrected chi connectivity index (χ2v) is 8.37. The third-order valence-electron chi connectivity index (χ3n) is 4.60. The number of benzene rings is 1. The summed E-state index contributed by atoms with van der Waals surface area (Å²) >= 11 is 13.4. The number of hydrogen-bond donors (Lipinski definition) is 3. The van der Waals surface area contributed by atoms with E-state index in [0.29, 0.717) is 9.56 Å². The molecular weight excluding hydrogens is 464 g/mol. The molecule has 0 saturated heterocycles. The smallest absolute Gasteiger partial charge is 0.410 e. The van der Waals surface area contributed by atoms with E-state index in [1.807, 2.05) is 0 Å². The number of phenols is 1. The number of carbonyl (C=O) groups is 1. The van der Waals surface area contributed by atoms with Gasteiger partial charge < -0.3 is 15.7 Å². The van der Waals surface area contributed by atoms with Crippen LogP contribution in [0.4, 0.5) is 24.7 Å². The van der Waals surface area contributed by atoms with Crippen LogP contribution in [0, 0.1) is 0 Å². The predicted molar refractivity (Wildman–Crippen MR) is 109 cm³/mol. The second-order valence-electron chi connectivity index (χ2n) is 6.58. The fourth-order valence-electron chi connectivity index (χ4n) is 3.20. The average molecular weight is 477 g/mol. The summed E-state index contributed by atoms with van der Waals surface area (Å²) in [6.07, 6.45) is -4.90. The standard InChI is InChI=1S/C18H13Cl2F3N4O2S/c19-8-3-4-11(28)9(6-8)25-17(29)15-14(20)16-24-10(12-2-1-5-30-12)7-13(18(21,22)23)27(16)26-15/h1-6,10,13,24,28H,7H2,(H,25,29)/t10-,13+/m1/s1. The third kappa shape index (κ3) is 3.82. The van der Waals surface area contributed by atoms with Crippen LogP contribution in [0.5, 0.6) is 5.75 Å². The number of aromatic nitrogens is 2. The Kier molecular flexibility index (Phi) is 5.33. The van der Waals surface area contributed by atoms with Gasteiger partial charge in [0.05, 0.1) is 11.7 Å². The third-order valence-corrected chi connectivity index (χ3v) is 6.18. The van der Waals surface area contributed by atoms with Crippen LogP contribution in [0.2, 0.25) is 10.0 Å². The predicted octanol–water partition coefficient (Wildman–Crippen LogP) is 5.87. The normalized spacial score (nSPS) is 18.6. The number of alkyl halides is 3. The molecular formula is C18H13Cl2F3N4O2S. The molecule has 0 unspecified atom stereocenters. The average Bonchev–Trinajstić information content (AvgIpc) is 3.32. The summed E-state index contributed by atoms with van der Waals surface area (Å²) in [4.78, 5) is 13.4. The number of carbonyl (C=O) groups excluding carboxylic acids is 1. The summed E-state index contributed by atoms with van der Waals surface area (Å²) in [5.41, 5.74) is -0.425. The van der Waals surface area contributed by atoms with Crippen molar-refractivity contribution in [3.05, 3.63) is 56.3 Å². The van der Waals surface area contributed by atoms with Gasteiger partial charge in [-0.3, -0.25) is 4.79 Å². The first-order valence-electron chi connectivity index (χ1n) is 8.59. The SMILES string of the molecule is O=C(Nc1cc(Cl)ccc1O)c1nn2c(c1Cl)N[C@@H](c1cccs1)C[C@H]2C(F)(F)F. The number of thiophene rings is 1. The van der Waals surface area contributed by atoms with Crippen LogP contribution in [0.15, 0.2) is 35.7 Å². The number of anilines is 2. The van der Waals surface area contributed by atoms with E-state index in [2.05, 4.69) is 15.7 Å². The lowest BCUT2D eigenvalue weighted by Gasteiger charge is -2.32. The molecule has 2 atom stereocenters. The molecule has 158 valence electrons. The fraction of sp³-hybridized carbons (Fsp3) is 0.222. The molecule has 0 radical (unpaired) electrons. The lowest BCUT2D eigenvalue weighted by molar-refractivity contribution is -0.173. The van der Waals surface area contributed by atoms with Crippen molar-refractivity contribution in [1.82, 2.24) is 9.78 Å². The van der Waals surface area contributed by atoms with E-state index < -0.39 is 29.9 Å². The van der Waals surface area contributed by atoms with Gasteiger partial charge in [-0.2, -0.15) is 18.3 Å². The lowest BCUT2D eigenvalue weighted by atomic mass is 10.0. The summed E-state index contributed by atoms with van der Waals surface area (Å²) in [5.74, 6) is -1.24. The van der Waals surface area contributed by atoms with E-state index in [1.165, 1.54) is 29.5 Å². The van der Waals surface area contributed by atoms with Gasteiger partial charge in [-0.15, -0.1) is 11.3 Å². The minimum atomic E-state index is -4.60. The first-order chi connectivity index (χ1) is 14.1. The minimum Gasteiger partial charge on any atom is -0.506 e. The molecule has 0 saturated carbocycles. The van der Waals surface area contributed by atoms with Crippen molar-refractivity contribution in [3.63, 3.8) is 0 Å². The molecule has 0 aliphatic carbocycles. The first-order valence-corrected chi connectivity index (χ1v) is 10.2. The highest BCUT2D eigenvalue weighted by molar-refractivity contribution is 7.10. The second kappa shape index (κ2) is 7.68. The number of nitrogens with one attached hydrogen (secondary N) is 2. The van der Waals surface area contributed by atoms with Gasteiger partial charge in [-0.05, 0) is 29.6 Å². The van der Waals surface area contributed by atoms with Crippen molar-refractivity contribution in [2.24, 2.45) is 0 Å². The van der Waals surface area contributed by atoms with Crippen LogP contribution in [0.25, 0.3) is 0 Å². The van der Waals surface area contributed by atoms with E-state index >= 15 is 0 Å². The van der Waals surface area contributed by atoms with Crippen molar-refractivity contribution in [1.29, 1.82) is 0 Å². The van der Waals surface area contributed by atoms with E-state index in [0.717, 1.165) is 0 Å². The topological polar surface area (TPSA) is 79.2 Å². The van der Waals surface area contributed by atoms with Crippen molar-refractivity contribution < 1.29 is 23.1 Å². The van der Waals surface area contributed by atoms with Gasteiger partial charge in [0.1, 0.15) is 16.6 Å². The van der Waals surface area contributed by atoms with E-state index in [9.17, 15) is 23.1 Å². The highest BCUT2D eigenvalue weighted by atomic mass is 35.5. The molecule has 0 bridgehead atoms.